The van der Waals surface area contributed by atoms with E-state index >= 15 is 0 Å². The molecule has 2 amide bonds. The van der Waals surface area contributed by atoms with Crippen LogP contribution in [0.4, 0.5) is 5.69 Å². The Morgan fingerprint density at radius 1 is 1.22 bits per heavy atom. The predicted octanol–water partition coefficient (Wildman–Crippen LogP) is 3.44. The lowest BCUT2D eigenvalue weighted by atomic mass is 9.99. The molecule has 1 atom stereocenters. The number of carbonyl (C=O) groups excluding carboxylic acids is 2. The Labute approximate surface area is 164 Å². The second-order valence-electron chi connectivity index (χ2n) is 6.98. The molecule has 27 heavy (non-hydrogen) atoms. The van der Waals surface area contributed by atoms with Crippen LogP contribution in [-0.4, -0.2) is 31.4 Å². The molecular formula is C21H27N3O2S. The first-order chi connectivity index (χ1) is 13.2. The SMILES string of the molecule is O=C(CCCc1cccs1)Nc1cccc(C(=O)NCC2CCCNC2)c1. The third-order valence-electron chi connectivity index (χ3n) is 4.77. The van der Waals surface area contributed by atoms with Crippen molar-refractivity contribution >= 4 is 28.8 Å². The van der Waals surface area contributed by atoms with Gasteiger partial charge >= 0.3 is 0 Å². The topological polar surface area (TPSA) is 70.2 Å². The summed E-state index contributed by atoms with van der Waals surface area (Å²) >= 11 is 1.72. The highest BCUT2D eigenvalue weighted by Crippen LogP contribution is 2.15. The number of piperidine rings is 1. The molecule has 1 aromatic carbocycles. The molecule has 1 aliphatic rings. The standard InChI is InChI=1S/C21H27N3O2S/c25-20(10-2-8-19-9-4-12-27-19)24-18-7-1-6-17(13-18)21(26)23-15-16-5-3-11-22-14-16/h1,4,6-7,9,12-13,16,22H,2-3,5,8,10-11,14-15H2,(H,23,26)(H,24,25). The van der Waals surface area contributed by atoms with Gasteiger partial charge in [-0.3, -0.25) is 9.59 Å². The number of anilines is 1. The van der Waals surface area contributed by atoms with E-state index in [0.717, 1.165) is 38.8 Å². The van der Waals surface area contributed by atoms with E-state index in [0.29, 0.717) is 30.1 Å². The number of thiophene rings is 1. The zero-order chi connectivity index (χ0) is 18.9. The summed E-state index contributed by atoms with van der Waals surface area (Å²) in [6, 6.07) is 11.3. The average molecular weight is 386 g/mol. The van der Waals surface area contributed by atoms with Gasteiger partial charge in [-0.1, -0.05) is 12.1 Å². The van der Waals surface area contributed by atoms with Crippen molar-refractivity contribution in [2.45, 2.75) is 32.1 Å². The Hall–Kier alpha value is -2.18. The molecule has 0 spiro atoms. The number of aryl methyl sites for hydroxylation is 1. The van der Waals surface area contributed by atoms with Gasteiger partial charge in [0.25, 0.3) is 5.91 Å². The van der Waals surface area contributed by atoms with Crippen molar-refractivity contribution in [1.29, 1.82) is 0 Å². The summed E-state index contributed by atoms with van der Waals surface area (Å²) in [5.41, 5.74) is 1.25. The molecule has 1 saturated heterocycles. The van der Waals surface area contributed by atoms with Gasteiger partial charge in [0.05, 0.1) is 0 Å². The molecular weight excluding hydrogens is 358 g/mol. The van der Waals surface area contributed by atoms with Gasteiger partial charge in [0, 0.05) is 29.1 Å². The highest BCUT2D eigenvalue weighted by Gasteiger charge is 2.15. The molecule has 144 valence electrons. The Kier molecular flexibility index (Phi) is 7.42. The van der Waals surface area contributed by atoms with E-state index in [-0.39, 0.29) is 11.8 Å². The fraction of sp³-hybridized carbons (Fsp3) is 0.429. The smallest absolute Gasteiger partial charge is 0.251 e. The van der Waals surface area contributed by atoms with Crippen LogP contribution in [0, 0.1) is 5.92 Å². The van der Waals surface area contributed by atoms with E-state index in [1.807, 2.05) is 12.1 Å². The maximum Gasteiger partial charge on any atom is 0.251 e. The molecule has 3 N–H and O–H groups in total. The lowest BCUT2D eigenvalue weighted by molar-refractivity contribution is -0.116. The second kappa shape index (κ2) is 10.2. The van der Waals surface area contributed by atoms with Crippen LogP contribution >= 0.6 is 11.3 Å². The summed E-state index contributed by atoms with van der Waals surface area (Å²) in [6.45, 7) is 2.71. The zero-order valence-corrected chi connectivity index (χ0v) is 16.3. The van der Waals surface area contributed by atoms with Gasteiger partial charge in [-0.25, -0.2) is 0 Å². The highest BCUT2D eigenvalue weighted by atomic mass is 32.1. The normalized spacial score (nSPS) is 16.7. The van der Waals surface area contributed by atoms with Crippen LogP contribution in [0.15, 0.2) is 41.8 Å². The molecule has 0 saturated carbocycles. The number of hydrogen-bond donors (Lipinski definition) is 3. The monoisotopic (exact) mass is 385 g/mol. The number of amides is 2. The molecule has 2 aromatic rings. The van der Waals surface area contributed by atoms with E-state index < -0.39 is 0 Å². The van der Waals surface area contributed by atoms with E-state index in [4.69, 9.17) is 0 Å². The van der Waals surface area contributed by atoms with Crippen LogP contribution in [0.2, 0.25) is 0 Å². The molecule has 0 radical (unpaired) electrons. The molecule has 0 bridgehead atoms. The van der Waals surface area contributed by atoms with Gasteiger partial charge in [-0.05, 0) is 74.3 Å². The summed E-state index contributed by atoms with van der Waals surface area (Å²) in [6.07, 6.45) is 4.53. The molecule has 1 aliphatic heterocycles. The van der Waals surface area contributed by atoms with Crippen molar-refractivity contribution in [3.63, 3.8) is 0 Å². The molecule has 6 heteroatoms. The molecule has 3 rings (SSSR count). The Balaban J connectivity index is 1.44. The minimum atomic E-state index is -0.0885. The van der Waals surface area contributed by atoms with Gasteiger partial charge in [-0.15, -0.1) is 11.3 Å². The minimum absolute atomic E-state index is 0.0163. The number of carbonyl (C=O) groups is 2. The predicted molar refractivity (Wildman–Crippen MR) is 110 cm³/mol. The summed E-state index contributed by atoms with van der Waals surface area (Å²) < 4.78 is 0. The fourth-order valence-corrected chi connectivity index (χ4v) is 4.03. The summed E-state index contributed by atoms with van der Waals surface area (Å²) in [4.78, 5) is 25.8. The number of hydrogen-bond acceptors (Lipinski definition) is 4. The van der Waals surface area contributed by atoms with Crippen LogP contribution in [0.5, 0.6) is 0 Å². The summed E-state index contributed by atoms with van der Waals surface area (Å²) in [5, 5.41) is 11.3. The lowest BCUT2D eigenvalue weighted by Crippen LogP contribution is -2.38. The van der Waals surface area contributed by atoms with E-state index in [1.54, 1.807) is 29.5 Å². The molecule has 0 aliphatic carbocycles. The van der Waals surface area contributed by atoms with E-state index in [2.05, 4.69) is 27.4 Å². The zero-order valence-electron chi connectivity index (χ0n) is 15.5. The maximum absolute atomic E-state index is 12.4. The fourth-order valence-electron chi connectivity index (χ4n) is 3.28. The first kappa shape index (κ1) is 19.6. The lowest BCUT2D eigenvalue weighted by Gasteiger charge is -2.22. The summed E-state index contributed by atoms with van der Waals surface area (Å²) in [7, 11) is 0. The van der Waals surface area contributed by atoms with Crippen LogP contribution in [-0.2, 0) is 11.2 Å². The van der Waals surface area contributed by atoms with Gasteiger partial charge in [0.2, 0.25) is 5.91 Å². The van der Waals surface area contributed by atoms with E-state index in [9.17, 15) is 9.59 Å². The average Bonchev–Trinajstić information content (AvgIpc) is 3.20. The molecule has 1 fully saturated rings. The van der Waals surface area contributed by atoms with Gasteiger partial charge in [-0.2, -0.15) is 0 Å². The van der Waals surface area contributed by atoms with E-state index in [1.165, 1.54) is 4.88 Å². The van der Waals surface area contributed by atoms with Crippen molar-refractivity contribution in [3.05, 3.63) is 52.2 Å². The molecule has 1 aromatic heterocycles. The number of nitrogens with one attached hydrogen (secondary N) is 3. The molecule has 2 heterocycles. The molecule has 5 nitrogen and oxygen atoms in total. The highest BCUT2D eigenvalue weighted by molar-refractivity contribution is 7.09. The Morgan fingerprint density at radius 3 is 2.93 bits per heavy atom. The first-order valence-corrected chi connectivity index (χ1v) is 10.5. The van der Waals surface area contributed by atoms with Gasteiger partial charge in [0.15, 0.2) is 0 Å². The van der Waals surface area contributed by atoms with Crippen LogP contribution in [0.3, 0.4) is 0 Å². The van der Waals surface area contributed by atoms with Crippen molar-refractivity contribution in [1.82, 2.24) is 10.6 Å². The summed E-state index contributed by atoms with van der Waals surface area (Å²) in [5.74, 6) is 0.390. The van der Waals surface area contributed by atoms with Crippen LogP contribution < -0.4 is 16.0 Å². The maximum atomic E-state index is 12.4. The van der Waals surface area contributed by atoms with Gasteiger partial charge < -0.3 is 16.0 Å². The van der Waals surface area contributed by atoms with Crippen molar-refractivity contribution in [2.24, 2.45) is 5.92 Å². The molecule has 1 unspecified atom stereocenters. The largest absolute Gasteiger partial charge is 0.352 e. The first-order valence-electron chi connectivity index (χ1n) is 9.62. The number of rotatable bonds is 8. The van der Waals surface area contributed by atoms with Crippen molar-refractivity contribution in [3.8, 4) is 0 Å². The Bertz CT molecular complexity index is 740. The Morgan fingerprint density at radius 2 is 2.15 bits per heavy atom. The van der Waals surface area contributed by atoms with Crippen LogP contribution in [0.25, 0.3) is 0 Å². The minimum Gasteiger partial charge on any atom is -0.352 e. The second-order valence-corrected chi connectivity index (χ2v) is 8.02. The van der Waals surface area contributed by atoms with Crippen molar-refractivity contribution < 1.29 is 9.59 Å². The van der Waals surface area contributed by atoms with Gasteiger partial charge in [0.1, 0.15) is 0 Å². The quantitative estimate of drug-likeness (QED) is 0.652. The third kappa shape index (κ3) is 6.48. The number of benzene rings is 1. The van der Waals surface area contributed by atoms with Crippen molar-refractivity contribution in [2.75, 3.05) is 25.0 Å². The third-order valence-corrected chi connectivity index (χ3v) is 5.70. The van der Waals surface area contributed by atoms with Crippen LogP contribution in [0.1, 0.15) is 40.9 Å².